The summed E-state index contributed by atoms with van der Waals surface area (Å²) in [6.07, 6.45) is 0.367. The van der Waals surface area contributed by atoms with Crippen LogP contribution in [0.15, 0.2) is 53.5 Å². The van der Waals surface area contributed by atoms with Crippen molar-refractivity contribution >= 4 is 18.0 Å². The van der Waals surface area contributed by atoms with Gasteiger partial charge >= 0.3 is 6.09 Å². The van der Waals surface area contributed by atoms with Crippen LogP contribution in [0, 0.1) is 5.82 Å². The third kappa shape index (κ3) is 4.21. The summed E-state index contributed by atoms with van der Waals surface area (Å²) in [6.45, 7) is 2.71. The fourth-order valence-electron chi connectivity index (χ4n) is 3.34. The standard InChI is InChI=1S/C21H22FN3O3/c22-19-10-16(6-7-18(19)20-13-23-8-9-27-20)25-14-17(28-21(25)26)12-24-11-15-4-2-1-3-5-15/h1-7,10,12,17,20,23H,8-9,11,13-14H2/b24-12+. The lowest BCUT2D eigenvalue weighted by Crippen LogP contribution is -2.33. The first kappa shape index (κ1) is 18.6. The second-order valence-electron chi connectivity index (χ2n) is 6.78. The van der Waals surface area contributed by atoms with Gasteiger partial charge in [-0.15, -0.1) is 0 Å². The number of morpholine rings is 1. The van der Waals surface area contributed by atoms with Crippen LogP contribution >= 0.6 is 0 Å². The van der Waals surface area contributed by atoms with Gasteiger partial charge in [-0.2, -0.15) is 0 Å². The molecule has 0 bridgehead atoms. The van der Waals surface area contributed by atoms with Crippen LogP contribution in [0.2, 0.25) is 0 Å². The Balaban J connectivity index is 1.40. The minimum Gasteiger partial charge on any atom is -0.438 e. The van der Waals surface area contributed by atoms with Crippen molar-refractivity contribution in [3.63, 3.8) is 0 Å². The van der Waals surface area contributed by atoms with E-state index in [0.29, 0.717) is 37.5 Å². The SMILES string of the molecule is O=C1OC(/C=N/Cc2ccccc2)CN1c1ccc(C2CNCCO2)c(F)c1. The van der Waals surface area contributed by atoms with Crippen LogP contribution in [-0.2, 0) is 16.0 Å². The molecule has 1 N–H and O–H groups in total. The monoisotopic (exact) mass is 383 g/mol. The van der Waals surface area contributed by atoms with Crippen molar-refractivity contribution in [1.29, 1.82) is 0 Å². The van der Waals surface area contributed by atoms with E-state index in [2.05, 4.69) is 10.3 Å². The molecule has 2 heterocycles. The number of ether oxygens (including phenoxy) is 2. The predicted molar refractivity (Wildman–Crippen MR) is 104 cm³/mol. The zero-order valence-electron chi connectivity index (χ0n) is 15.4. The normalized spacial score (nSPS) is 22.6. The lowest BCUT2D eigenvalue weighted by Gasteiger charge is -2.25. The molecule has 0 radical (unpaired) electrons. The predicted octanol–water partition coefficient (Wildman–Crippen LogP) is 3.08. The molecular weight excluding hydrogens is 361 g/mol. The molecule has 2 saturated heterocycles. The van der Waals surface area contributed by atoms with Gasteiger partial charge in [0.15, 0.2) is 6.10 Å². The summed E-state index contributed by atoms with van der Waals surface area (Å²) in [5.41, 5.74) is 2.04. The number of benzene rings is 2. The van der Waals surface area contributed by atoms with Crippen LogP contribution in [-0.4, -0.2) is 44.7 Å². The molecule has 6 nitrogen and oxygen atoms in total. The minimum absolute atomic E-state index is 0.303. The molecule has 2 aromatic rings. The molecule has 0 saturated carbocycles. The number of nitrogens with zero attached hydrogens (tertiary/aromatic N) is 2. The molecule has 0 spiro atoms. The van der Waals surface area contributed by atoms with Crippen molar-refractivity contribution in [2.45, 2.75) is 18.8 Å². The summed E-state index contributed by atoms with van der Waals surface area (Å²) in [7, 11) is 0. The van der Waals surface area contributed by atoms with E-state index in [1.54, 1.807) is 18.3 Å². The van der Waals surface area contributed by atoms with Gasteiger partial charge in [0, 0.05) is 24.9 Å². The number of nitrogens with one attached hydrogen (secondary N) is 1. The van der Waals surface area contributed by atoms with E-state index in [4.69, 9.17) is 9.47 Å². The van der Waals surface area contributed by atoms with Crippen molar-refractivity contribution in [2.75, 3.05) is 31.1 Å². The number of hydrogen-bond acceptors (Lipinski definition) is 5. The zero-order chi connectivity index (χ0) is 19.3. The Labute approximate surface area is 163 Å². The summed E-state index contributed by atoms with van der Waals surface area (Å²) < 4.78 is 25.5. The van der Waals surface area contributed by atoms with E-state index in [-0.39, 0.29) is 11.9 Å². The summed E-state index contributed by atoms with van der Waals surface area (Å²) >= 11 is 0. The molecule has 1 amide bonds. The number of carbonyl (C=O) groups excluding carboxylic acids is 1. The number of hydrogen-bond donors (Lipinski definition) is 1. The summed E-state index contributed by atoms with van der Waals surface area (Å²) in [4.78, 5) is 18.0. The van der Waals surface area contributed by atoms with E-state index in [0.717, 1.165) is 12.1 Å². The van der Waals surface area contributed by atoms with Crippen LogP contribution < -0.4 is 10.2 Å². The van der Waals surface area contributed by atoms with Gasteiger partial charge in [0.1, 0.15) is 5.82 Å². The van der Waals surface area contributed by atoms with Crippen LogP contribution in [0.4, 0.5) is 14.9 Å². The van der Waals surface area contributed by atoms with Gasteiger partial charge in [0.05, 0.1) is 31.5 Å². The van der Waals surface area contributed by atoms with E-state index >= 15 is 0 Å². The first-order chi connectivity index (χ1) is 13.7. The highest BCUT2D eigenvalue weighted by molar-refractivity contribution is 5.92. The van der Waals surface area contributed by atoms with Gasteiger partial charge in [0.2, 0.25) is 0 Å². The van der Waals surface area contributed by atoms with Crippen molar-refractivity contribution < 1.29 is 18.7 Å². The van der Waals surface area contributed by atoms with E-state index in [1.807, 2.05) is 30.3 Å². The Morgan fingerprint density at radius 3 is 2.86 bits per heavy atom. The molecule has 2 aliphatic heterocycles. The largest absolute Gasteiger partial charge is 0.438 e. The second-order valence-corrected chi connectivity index (χ2v) is 6.78. The summed E-state index contributed by atoms with van der Waals surface area (Å²) in [5.74, 6) is -0.389. The molecule has 2 atom stereocenters. The van der Waals surface area contributed by atoms with Gasteiger partial charge in [-0.05, 0) is 17.7 Å². The number of halogens is 1. The van der Waals surface area contributed by atoms with Crippen molar-refractivity contribution in [1.82, 2.24) is 5.32 Å². The summed E-state index contributed by atoms with van der Waals surface area (Å²) in [6, 6.07) is 14.6. The zero-order valence-corrected chi connectivity index (χ0v) is 15.4. The third-order valence-corrected chi connectivity index (χ3v) is 4.79. The Bertz CT molecular complexity index is 853. The Morgan fingerprint density at radius 1 is 1.25 bits per heavy atom. The quantitative estimate of drug-likeness (QED) is 0.806. The topological polar surface area (TPSA) is 63.2 Å². The average Bonchev–Trinajstić information content (AvgIpc) is 3.10. The lowest BCUT2D eigenvalue weighted by molar-refractivity contribution is 0.0255. The molecule has 0 aromatic heterocycles. The highest BCUT2D eigenvalue weighted by atomic mass is 19.1. The smallest absolute Gasteiger partial charge is 0.415 e. The number of carbonyl (C=O) groups is 1. The Kier molecular flexibility index (Phi) is 5.64. The Morgan fingerprint density at radius 2 is 2.11 bits per heavy atom. The number of rotatable bonds is 5. The van der Waals surface area contributed by atoms with E-state index in [1.165, 1.54) is 11.0 Å². The lowest BCUT2D eigenvalue weighted by atomic mass is 10.1. The molecular formula is C21H22FN3O3. The fraction of sp³-hybridized carbons (Fsp3) is 0.333. The number of aliphatic imine (C=N–C) groups is 1. The van der Waals surface area contributed by atoms with Crippen molar-refractivity contribution in [2.24, 2.45) is 4.99 Å². The maximum Gasteiger partial charge on any atom is 0.415 e. The van der Waals surface area contributed by atoms with Crippen LogP contribution in [0.1, 0.15) is 17.2 Å². The molecule has 2 fully saturated rings. The second kappa shape index (κ2) is 8.50. The molecule has 4 rings (SSSR count). The molecule has 0 aliphatic carbocycles. The average molecular weight is 383 g/mol. The Hall–Kier alpha value is -2.77. The summed E-state index contributed by atoms with van der Waals surface area (Å²) in [5, 5.41) is 3.18. The van der Waals surface area contributed by atoms with Gasteiger partial charge < -0.3 is 14.8 Å². The highest BCUT2D eigenvalue weighted by Crippen LogP contribution is 2.28. The maximum absolute atomic E-state index is 14.6. The van der Waals surface area contributed by atoms with Gasteiger partial charge in [-0.25, -0.2) is 9.18 Å². The first-order valence-electron chi connectivity index (χ1n) is 9.34. The van der Waals surface area contributed by atoms with Gasteiger partial charge in [-0.1, -0.05) is 36.4 Å². The molecule has 7 heteroatoms. The molecule has 146 valence electrons. The molecule has 2 aliphatic rings. The number of anilines is 1. The van der Waals surface area contributed by atoms with Crippen molar-refractivity contribution in [3.05, 3.63) is 65.5 Å². The fourth-order valence-corrected chi connectivity index (χ4v) is 3.34. The first-order valence-corrected chi connectivity index (χ1v) is 9.34. The third-order valence-electron chi connectivity index (χ3n) is 4.79. The molecule has 2 unspecified atom stereocenters. The van der Waals surface area contributed by atoms with Gasteiger partial charge in [0.25, 0.3) is 0 Å². The minimum atomic E-state index is -0.501. The molecule has 28 heavy (non-hydrogen) atoms. The van der Waals surface area contributed by atoms with Crippen LogP contribution in [0.3, 0.4) is 0 Å². The highest BCUT2D eigenvalue weighted by Gasteiger charge is 2.32. The van der Waals surface area contributed by atoms with E-state index in [9.17, 15) is 9.18 Å². The maximum atomic E-state index is 14.6. The number of amides is 1. The van der Waals surface area contributed by atoms with Crippen molar-refractivity contribution in [3.8, 4) is 0 Å². The number of cyclic esters (lactones) is 1. The van der Waals surface area contributed by atoms with Gasteiger partial charge in [-0.3, -0.25) is 9.89 Å². The van der Waals surface area contributed by atoms with Crippen LogP contribution in [0.5, 0.6) is 0 Å². The van der Waals surface area contributed by atoms with Crippen LogP contribution in [0.25, 0.3) is 0 Å². The van der Waals surface area contributed by atoms with E-state index < -0.39 is 12.2 Å². The molecule has 2 aromatic carbocycles.